The Morgan fingerprint density at radius 1 is 1.12 bits per heavy atom. The number of hydrogen-bond donors (Lipinski definition) is 1. The van der Waals surface area contributed by atoms with Gasteiger partial charge in [0.25, 0.3) is 5.91 Å². The molecule has 7 nitrogen and oxygen atoms in total. The molecule has 1 fully saturated rings. The molecule has 1 aromatic carbocycles. The van der Waals surface area contributed by atoms with Crippen molar-refractivity contribution >= 4 is 5.91 Å². The normalized spacial score (nSPS) is 15.2. The summed E-state index contributed by atoms with van der Waals surface area (Å²) in [5, 5.41) is 6.69. The van der Waals surface area contributed by atoms with Crippen LogP contribution in [0.25, 0.3) is 11.4 Å². The summed E-state index contributed by atoms with van der Waals surface area (Å²) in [6.07, 6.45) is 5.14. The molecule has 0 unspecified atom stereocenters. The van der Waals surface area contributed by atoms with Gasteiger partial charge in [-0.25, -0.2) is 4.98 Å². The van der Waals surface area contributed by atoms with Gasteiger partial charge in [0.05, 0.1) is 0 Å². The van der Waals surface area contributed by atoms with Crippen LogP contribution < -0.4 is 0 Å². The van der Waals surface area contributed by atoms with Gasteiger partial charge in [-0.3, -0.25) is 19.8 Å². The third-order valence-corrected chi connectivity index (χ3v) is 4.59. The first-order valence-electron chi connectivity index (χ1n) is 8.66. The molecule has 2 aromatic heterocycles. The van der Waals surface area contributed by atoms with Gasteiger partial charge in [-0.1, -0.05) is 18.2 Å². The van der Waals surface area contributed by atoms with Gasteiger partial charge in [-0.05, 0) is 23.8 Å². The third-order valence-electron chi connectivity index (χ3n) is 4.59. The van der Waals surface area contributed by atoms with Crippen LogP contribution in [-0.4, -0.2) is 62.1 Å². The van der Waals surface area contributed by atoms with Crippen LogP contribution in [0.5, 0.6) is 0 Å². The maximum Gasteiger partial charge on any atom is 0.253 e. The Labute approximate surface area is 151 Å². The van der Waals surface area contributed by atoms with E-state index in [2.05, 4.69) is 31.1 Å². The van der Waals surface area contributed by atoms with Gasteiger partial charge < -0.3 is 4.90 Å². The Morgan fingerprint density at radius 2 is 2.00 bits per heavy atom. The molecule has 1 N–H and O–H groups in total. The zero-order valence-corrected chi connectivity index (χ0v) is 14.4. The predicted octanol–water partition coefficient (Wildman–Crippen LogP) is 1.82. The van der Waals surface area contributed by atoms with Crippen LogP contribution in [-0.2, 0) is 6.54 Å². The Kier molecular flexibility index (Phi) is 4.70. The molecule has 0 saturated carbocycles. The van der Waals surface area contributed by atoms with E-state index in [9.17, 15) is 4.79 Å². The van der Waals surface area contributed by atoms with Crippen molar-refractivity contribution in [3.8, 4) is 11.4 Å². The van der Waals surface area contributed by atoms with E-state index in [1.165, 1.54) is 11.9 Å². The van der Waals surface area contributed by atoms with Gasteiger partial charge in [-0.2, -0.15) is 5.10 Å². The fourth-order valence-electron chi connectivity index (χ4n) is 3.19. The van der Waals surface area contributed by atoms with Crippen LogP contribution in [0.3, 0.4) is 0 Å². The number of amides is 1. The van der Waals surface area contributed by atoms with Gasteiger partial charge >= 0.3 is 0 Å². The van der Waals surface area contributed by atoms with Crippen molar-refractivity contribution in [2.24, 2.45) is 0 Å². The van der Waals surface area contributed by atoms with E-state index < -0.39 is 0 Å². The van der Waals surface area contributed by atoms with Gasteiger partial charge in [0.2, 0.25) is 0 Å². The summed E-state index contributed by atoms with van der Waals surface area (Å²) in [6.45, 7) is 4.05. The van der Waals surface area contributed by atoms with Crippen molar-refractivity contribution in [1.82, 2.24) is 30.0 Å². The van der Waals surface area contributed by atoms with Crippen molar-refractivity contribution in [2.45, 2.75) is 6.54 Å². The number of rotatable bonds is 4. The Hall–Kier alpha value is -3.06. The maximum atomic E-state index is 12.8. The van der Waals surface area contributed by atoms with Crippen molar-refractivity contribution in [1.29, 1.82) is 0 Å². The standard InChI is InChI=1S/C19H20N6O/c26-19(17-5-1-4-16(11-17)18-21-14-22-23-18)25-9-7-24(8-10-25)13-15-3-2-6-20-12-15/h1-6,11-12,14H,7-10,13H2,(H,21,22,23). The van der Waals surface area contributed by atoms with Crippen molar-refractivity contribution in [3.05, 3.63) is 66.2 Å². The lowest BCUT2D eigenvalue weighted by atomic mass is 10.1. The molecule has 0 aliphatic carbocycles. The minimum Gasteiger partial charge on any atom is -0.336 e. The van der Waals surface area contributed by atoms with E-state index in [4.69, 9.17) is 0 Å². The molecule has 0 radical (unpaired) electrons. The van der Waals surface area contributed by atoms with Crippen molar-refractivity contribution in [3.63, 3.8) is 0 Å². The molecule has 1 amide bonds. The van der Waals surface area contributed by atoms with Gasteiger partial charge in [-0.15, -0.1) is 0 Å². The third kappa shape index (κ3) is 3.62. The van der Waals surface area contributed by atoms with Crippen LogP contribution in [0.4, 0.5) is 0 Å². The fourth-order valence-corrected chi connectivity index (χ4v) is 3.19. The first-order valence-corrected chi connectivity index (χ1v) is 8.66. The van der Waals surface area contributed by atoms with E-state index in [-0.39, 0.29) is 5.91 Å². The zero-order chi connectivity index (χ0) is 17.8. The lowest BCUT2D eigenvalue weighted by Gasteiger charge is -2.34. The highest BCUT2D eigenvalue weighted by molar-refractivity contribution is 5.95. The lowest BCUT2D eigenvalue weighted by Crippen LogP contribution is -2.48. The molecule has 3 aromatic rings. The number of nitrogens with zero attached hydrogens (tertiary/aromatic N) is 5. The van der Waals surface area contributed by atoms with E-state index >= 15 is 0 Å². The Balaban J connectivity index is 1.39. The monoisotopic (exact) mass is 348 g/mol. The minimum absolute atomic E-state index is 0.0624. The molecule has 1 aliphatic heterocycles. The molecule has 3 heterocycles. The number of piperazine rings is 1. The van der Waals surface area contributed by atoms with E-state index in [0.29, 0.717) is 11.4 Å². The molecular formula is C19H20N6O. The number of benzene rings is 1. The van der Waals surface area contributed by atoms with E-state index in [0.717, 1.165) is 38.3 Å². The fraction of sp³-hybridized carbons (Fsp3) is 0.263. The number of pyridine rings is 1. The van der Waals surface area contributed by atoms with Gasteiger partial charge in [0, 0.05) is 56.2 Å². The van der Waals surface area contributed by atoms with Crippen LogP contribution in [0, 0.1) is 0 Å². The first kappa shape index (κ1) is 16.4. The number of aromatic nitrogens is 4. The lowest BCUT2D eigenvalue weighted by molar-refractivity contribution is 0.0628. The number of H-pyrrole nitrogens is 1. The van der Waals surface area contributed by atoms with Gasteiger partial charge in [0.15, 0.2) is 5.82 Å². The Morgan fingerprint density at radius 3 is 2.73 bits per heavy atom. The quantitative estimate of drug-likeness (QED) is 0.778. The summed E-state index contributed by atoms with van der Waals surface area (Å²) in [4.78, 5) is 25.4. The molecule has 0 bridgehead atoms. The highest BCUT2D eigenvalue weighted by Crippen LogP contribution is 2.17. The van der Waals surface area contributed by atoms with Gasteiger partial charge in [0.1, 0.15) is 6.33 Å². The van der Waals surface area contributed by atoms with E-state index in [1.807, 2.05) is 41.4 Å². The summed E-state index contributed by atoms with van der Waals surface area (Å²) < 4.78 is 0. The molecular weight excluding hydrogens is 328 g/mol. The molecule has 4 rings (SSSR count). The molecule has 7 heteroatoms. The summed E-state index contributed by atoms with van der Waals surface area (Å²) in [6, 6.07) is 11.6. The molecule has 26 heavy (non-hydrogen) atoms. The number of carbonyl (C=O) groups is 1. The van der Waals surface area contributed by atoms with E-state index in [1.54, 1.807) is 6.20 Å². The maximum absolute atomic E-state index is 12.8. The molecule has 132 valence electrons. The smallest absolute Gasteiger partial charge is 0.253 e. The summed E-state index contributed by atoms with van der Waals surface area (Å²) in [7, 11) is 0. The summed E-state index contributed by atoms with van der Waals surface area (Å²) >= 11 is 0. The number of carbonyl (C=O) groups excluding carboxylic acids is 1. The van der Waals surface area contributed by atoms with Crippen molar-refractivity contribution < 1.29 is 4.79 Å². The average molecular weight is 348 g/mol. The second kappa shape index (κ2) is 7.45. The zero-order valence-electron chi connectivity index (χ0n) is 14.4. The second-order valence-corrected chi connectivity index (χ2v) is 6.34. The number of aromatic amines is 1. The highest BCUT2D eigenvalue weighted by atomic mass is 16.2. The van der Waals surface area contributed by atoms with Crippen LogP contribution in [0.15, 0.2) is 55.1 Å². The average Bonchev–Trinajstić information content (AvgIpc) is 3.24. The largest absolute Gasteiger partial charge is 0.336 e. The van der Waals surface area contributed by atoms with Crippen molar-refractivity contribution in [2.75, 3.05) is 26.2 Å². The number of nitrogens with one attached hydrogen (secondary N) is 1. The van der Waals surface area contributed by atoms with Crippen LogP contribution in [0.2, 0.25) is 0 Å². The number of hydrogen-bond acceptors (Lipinski definition) is 5. The predicted molar refractivity (Wildman–Crippen MR) is 97.2 cm³/mol. The Bertz CT molecular complexity index is 857. The molecule has 0 atom stereocenters. The summed E-state index contributed by atoms with van der Waals surface area (Å²) in [5.41, 5.74) is 2.75. The van der Waals surface area contributed by atoms with Crippen LogP contribution in [0.1, 0.15) is 15.9 Å². The summed E-state index contributed by atoms with van der Waals surface area (Å²) in [5.74, 6) is 0.730. The minimum atomic E-state index is 0.0624. The first-order chi connectivity index (χ1) is 12.8. The molecule has 1 saturated heterocycles. The topological polar surface area (TPSA) is 78.0 Å². The van der Waals surface area contributed by atoms with Crippen LogP contribution >= 0.6 is 0 Å². The SMILES string of the molecule is O=C(c1cccc(-c2ncn[nH]2)c1)N1CCN(Cc2cccnc2)CC1. The second-order valence-electron chi connectivity index (χ2n) is 6.34. The molecule has 1 aliphatic rings. The molecule has 0 spiro atoms. The highest BCUT2D eigenvalue weighted by Gasteiger charge is 2.22.